The van der Waals surface area contributed by atoms with Gasteiger partial charge in [-0.05, 0) is 12.8 Å². The number of halogens is 1. The van der Waals surface area contributed by atoms with Gasteiger partial charge in [-0.25, -0.2) is 9.97 Å². The first kappa shape index (κ1) is 16.4. The number of nitrogens with two attached hydrogens (primary N) is 1. The number of nitrogens with zero attached hydrogens (tertiary/aromatic N) is 4. The molecule has 2 aromatic heterocycles. The average Bonchev–Trinajstić information content (AvgIpc) is 2.61. The summed E-state index contributed by atoms with van der Waals surface area (Å²) < 4.78 is 4.99. The third-order valence-corrected chi connectivity index (χ3v) is 4.48. The first-order chi connectivity index (χ1) is 11.6. The summed E-state index contributed by atoms with van der Waals surface area (Å²) in [5.41, 5.74) is 7.94. The van der Waals surface area contributed by atoms with Crippen LogP contribution < -0.4 is 15.4 Å². The van der Waals surface area contributed by atoms with Crippen molar-refractivity contribution < 1.29 is 9.53 Å². The molecule has 0 bridgehead atoms. The molecular formula is C16H18ClN5O2. The van der Waals surface area contributed by atoms with E-state index in [0.717, 1.165) is 16.8 Å². The molecule has 2 N–H and O–H groups in total. The summed E-state index contributed by atoms with van der Waals surface area (Å²) >= 11 is 6.41. The highest BCUT2D eigenvalue weighted by atomic mass is 35.5. The monoisotopic (exact) mass is 347 g/mol. The van der Waals surface area contributed by atoms with Gasteiger partial charge in [0.2, 0.25) is 5.91 Å². The molecule has 1 amide bonds. The van der Waals surface area contributed by atoms with Crippen LogP contribution in [-0.2, 0) is 4.79 Å². The summed E-state index contributed by atoms with van der Waals surface area (Å²) in [6.45, 7) is 1.42. The minimum absolute atomic E-state index is 0.0744. The molecule has 3 rings (SSSR count). The number of piperidine rings is 1. The van der Waals surface area contributed by atoms with E-state index in [2.05, 4.69) is 19.9 Å². The van der Waals surface area contributed by atoms with Gasteiger partial charge in [0.15, 0.2) is 0 Å². The van der Waals surface area contributed by atoms with Crippen LogP contribution in [0.3, 0.4) is 0 Å². The molecule has 0 unspecified atom stereocenters. The topological polar surface area (TPSA) is 94.2 Å². The number of primary amides is 1. The normalized spacial score (nSPS) is 15.3. The van der Waals surface area contributed by atoms with Crippen LogP contribution in [0.15, 0.2) is 24.8 Å². The number of hydrogen-bond donors (Lipinski definition) is 1. The molecule has 0 radical (unpaired) electrons. The maximum atomic E-state index is 11.4. The fourth-order valence-corrected chi connectivity index (χ4v) is 3.19. The van der Waals surface area contributed by atoms with Gasteiger partial charge in [-0.3, -0.25) is 9.78 Å². The number of rotatable bonds is 4. The largest absolute Gasteiger partial charge is 0.467 e. The minimum Gasteiger partial charge on any atom is -0.467 e. The fourth-order valence-electron chi connectivity index (χ4n) is 2.91. The van der Waals surface area contributed by atoms with Crippen LogP contribution >= 0.6 is 11.6 Å². The number of carbonyl (C=O) groups is 1. The van der Waals surface area contributed by atoms with Crippen LogP contribution in [0.5, 0.6) is 6.01 Å². The molecule has 3 heterocycles. The highest BCUT2D eigenvalue weighted by molar-refractivity contribution is 6.33. The molecule has 24 heavy (non-hydrogen) atoms. The van der Waals surface area contributed by atoms with Crippen LogP contribution in [0, 0.1) is 5.92 Å². The number of anilines is 1. The third-order valence-electron chi connectivity index (χ3n) is 4.21. The second-order valence-electron chi connectivity index (χ2n) is 5.64. The first-order valence-electron chi connectivity index (χ1n) is 7.64. The van der Waals surface area contributed by atoms with E-state index in [1.165, 1.54) is 7.11 Å². The first-order valence-corrected chi connectivity index (χ1v) is 8.02. The standard InChI is InChI=1S/C16H18ClN5O2/c1-24-16-20-6-11(7-21-16)12-8-19-9-13(17)14(12)22-4-2-10(3-5-22)15(18)23/h6-10H,2-5H2,1H3,(H2,18,23). The third kappa shape index (κ3) is 3.26. The molecule has 7 nitrogen and oxygen atoms in total. The summed E-state index contributed by atoms with van der Waals surface area (Å²) in [5.74, 6) is -0.311. The minimum atomic E-state index is -0.237. The van der Waals surface area contributed by atoms with Crippen LogP contribution in [0.1, 0.15) is 12.8 Å². The Hall–Kier alpha value is -2.41. The number of methoxy groups -OCH3 is 1. The Morgan fingerprint density at radius 2 is 1.92 bits per heavy atom. The van der Waals surface area contributed by atoms with Crippen molar-refractivity contribution in [2.45, 2.75) is 12.8 Å². The van der Waals surface area contributed by atoms with Crippen molar-refractivity contribution >= 4 is 23.2 Å². The fraction of sp³-hybridized carbons (Fsp3) is 0.375. The van der Waals surface area contributed by atoms with Crippen LogP contribution in [0.4, 0.5) is 5.69 Å². The van der Waals surface area contributed by atoms with E-state index in [1.54, 1.807) is 24.8 Å². The highest BCUT2D eigenvalue weighted by Gasteiger charge is 2.26. The summed E-state index contributed by atoms with van der Waals surface area (Å²) in [6.07, 6.45) is 8.15. The van der Waals surface area contributed by atoms with Gasteiger partial charge in [-0.1, -0.05) is 11.6 Å². The predicted molar refractivity (Wildman–Crippen MR) is 91.0 cm³/mol. The number of carbonyl (C=O) groups excluding carboxylic acids is 1. The summed E-state index contributed by atoms with van der Waals surface area (Å²) in [6, 6.07) is 0.303. The van der Waals surface area contributed by atoms with E-state index in [4.69, 9.17) is 22.1 Å². The zero-order valence-corrected chi connectivity index (χ0v) is 14.0. The number of pyridine rings is 1. The maximum Gasteiger partial charge on any atom is 0.316 e. The van der Waals surface area contributed by atoms with Gasteiger partial charge in [-0.15, -0.1) is 0 Å². The zero-order valence-electron chi connectivity index (χ0n) is 13.3. The van der Waals surface area contributed by atoms with E-state index in [9.17, 15) is 4.79 Å². The Morgan fingerprint density at radius 1 is 1.25 bits per heavy atom. The lowest BCUT2D eigenvalue weighted by atomic mass is 9.95. The van der Waals surface area contributed by atoms with Crippen molar-refractivity contribution in [2.24, 2.45) is 11.7 Å². The molecule has 1 fully saturated rings. The second-order valence-corrected chi connectivity index (χ2v) is 6.05. The van der Waals surface area contributed by atoms with Crippen LogP contribution in [0.2, 0.25) is 5.02 Å². The Morgan fingerprint density at radius 3 is 2.50 bits per heavy atom. The van der Waals surface area contributed by atoms with Gasteiger partial charge >= 0.3 is 6.01 Å². The average molecular weight is 348 g/mol. The van der Waals surface area contributed by atoms with E-state index in [0.29, 0.717) is 37.0 Å². The van der Waals surface area contributed by atoms with Crippen molar-refractivity contribution in [1.29, 1.82) is 0 Å². The van der Waals surface area contributed by atoms with E-state index in [-0.39, 0.29) is 11.8 Å². The predicted octanol–water partition coefficient (Wildman–Crippen LogP) is 1.90. The molecule has 1 aliphatic heterocycles. The van der Waals surface area contributed by atoms with Gasteiger partial charge in [0.1, 0.15) is 0 Å². The second kappa shape index (κ2) is 7.00. The Labute approximate surface area is 144 Å². The maximum absolute atomic E-state index is 11.4. The van der Waals surface area contributed by atoms with Gasteiger partial charge < -0.3 is 15.4 Å². The molecule has 0 spiro atoms. The number of amides is 1. The molecule has 126 valence electrons. The molecule has 0 atom stereocenters. The molecule has 0 saturated carbocycles. The molecule has 1 saturated heterocycles. The van der Waals surface area contributed by atoms with Crippen molar-refractivity contribution in [1.82, 2.24) is 15.0 Å². The Bertz CT molecular complexity index is 730. The molecule has 8 heteroatoms. The lowest BCUT2D eigenvalue weighted by Crippen LogP contribution is -2.38. The van der Waals surface area contributed by atoms with Crippen molar-refractivity contribution in [3.63, 3.8) is 0 Å². The molecule has 0 aromatic carbocycles. The summed E-state index contributed by atoms with van der Waals surface area (Å²) in [7, 11) is 1.52. The van der Waals surface area contributed by atoms with E-state index < -0.39 is 0 Å². The van der Waals surface area contributed by atoms with E-state index >= 15 is 0 Å². The smallest absolute Gasteiger partial charge is 0.316 e. The number of ether oxygens (including phenoxy) is 1. The quantitative estimate of drug-likeness (QED) is 0.907. The van der Waals surface area contributed by atoms with Crippen LogP contribution in [-0.4, -0.2) is 41.1 Å². The van der Waals surface area contributed by atoms with Crippen molar-refractivity contribution in [3.05, 3.63) is 29.8 Å². The highest BCUT2D eigenvalue weighted by Crippen LogP contribution is 2.37. The molecule has 0 aliphatic carbocycles. The number of hydrogen-bond acceptors (Lipinski definition) is 6. The molecular weight excluding hydrogens is 330 g/mol. The molecule has 1 aliphatic rings. The summed E-state index contributed by atoms with van der Waals surface area (Å²) in [5, 5.41) is 0.556. The SMILES string of the molecule is COc1ncc(-c2cncc(Cl)c2N2CCC(C(N)=O)CC2)cn1. The number of aromatic nitrogens is 3. The van der Waals surface area contributed by atoms with Crippen LogP contribution in [0.25, 0.3) is 11.1 Å². The summed E-state index contributed by atoms with van der Waals surface area (Å²) in [4.78, 5) is 26.0. The van der Waals surface area contributed by atoms with Gasteiger partial charge in [0.25, 0.3) is 0 Å². The van der Waals surface area contributed by atoms with Crippen molar-refractivity contribution in [2.75, 3.05) is 25.1 Å². The van der Waals surface area contributed by atoms with Gasteiger partial charge in [0, 0.05) is 54.9 Å². The molecule has 2 aromatic rings. The van der Waals surface area contributed by atoms with Gasteiger partial charge in [0.05, 0.1) is 17.8 Å². The van der Waals surface area contributed by atoms with Crippen molar-refractivity contribution in [3.8, 4) is 17.1 Å². The lowest BCUT2D eigenvalue weighted by molar-refractivity contribution is -0.122. The van der Waals surface area contributed by atoms with Gasteiger partial charge in [-0.2, -0.15) is 0 Å². The van der Waals surface area contributed by atoms with E-state index in [1.807, 2.05) is 0 Å². The Kier molecular flexibility index (Phi) is 4.80. The zero-order chi connectivity index (χ0) is 17.1. The Balaban J connectivity index is 1.92. The lowest BCUT2D eigenvalue weighted by Gasteiger charge is -2.34.